The Balaban J connectivity index is 2.51. The molecule has 0 fully saturated rings. The van der Waals surface area contributed by atoms with Gasteiger partial charge in [-0.2, -0.15) is 0 Å². The number of carbonyl (C=O) groups excluding carboxylic acids is 1. The maximum absolute atomic E-state index is 12.4. The highest BCUT2D eigenvalue weighted by atomic mass is 16.5. The molecule has 1 aromatic rings. The van der Waals surface area contributed by atoms with Crippen molar-refractivity contribution < 1.29 is 14.6 Å². The number of aromatic hydroxyl groups is 1. The van der Waals surface area contributed by atoms with Crippen molar-refractivity contribution >= 4 is 5.97 Å². The summed E-state index contributed by atoms with van der Waals surface area (Å²) in [6, 6.07) is 3.81. The van der Waals surface area contributed by atoms with Crippen LogP contribution in [0.5, 0.6) is 11.5 Å². The molecule has 0 bridgehead atoms. The Hall–Kier alpha value is -2.03. The Kier molecular flexibility index (Phi) is 7.91. The molecule has 0 saturated carbocycles. The summed E-state index contributed by atoms with van der Waals surface area (Å²) in [6.45, 7) is 14.2. The summed E-state index contributed by atoms with van der Waals surface area (Å²) in [4.78, 5) is 12.4. The van der Waals surface area contributed by atoms with Gasteiger partial charge < -0.3 is 9.84 Å². The summed E-state index contributed by atoms with van der Waals surface area (Å²) in [5.41, 5.74) is 4.14. The van der Waals surface area contributed by atoms with Crippen LogP contribution in [0.25, 0.3) is 0 Å². The minimum atomic E-state index is -0.269. The minimum absolute atomic E-state index is 0.0223. The molecule has 1 aromatic carbocycles. The number of unbranched alkanes of at least 4 members (excludes halogenated alkanes) is 2. The maximum atomic E-state index is 12.4. The van der Waals surface area contributed by atoms with Crippen molar-refractivity contribution in [2.24, 2.45) is 11.8 Å². The molecule has 3 heteroatoms. The summed E-state index contributed by atoms with van der Waals surface area (Å²) in [5.74, 6) is 0.451. The number of aryl methyl sites for hydroxylation is 1. The van der Waals surface area contributed by atoms with E-state index in [-0.39, 0.29) is 29.5 Å². The second-order valence-electron chi connectivity index (χ2n) is 8.59. The van der Waals surface area contributed by atoms with E-state index in [4.69, 9.17) is 4.74 Å². The van der Waals surface area contributed by atoms with Gasteiger partial charge >= 0.3 is 5.97 Å². The summed E-state index contributed by atoms with van der Waals surface area (Å²) >= 11 is 0. The first-order chi connectivity index (χ1) is 13.2. The fourth-order valence-corrected chi connectivity index (χ4v) is 3.94. The lowest BCUT2D eigenvalue weighted by Gasteiger charge is -2.32. The highest BCUT2D eigenvalue weighted by molar-refractivity contribution is 5.75. The van der Waals surface area contributed by atoms with Gasteiger partial charge in [-0.15, -0.1) is 0 Å². The molecule has 0 aliphatic heterocycles. The van der Waals surface area contributed by atoms with Crippen molar-refractivity contribution in [1.82, 2.24) is 0 Å². The van der Waals surface area contributed by atoms with Gasteiger partial charge in [0.25, 0.3) is 0 Å². The number of phenols is 1. The van der Waals surface area contributed by atoms with Crippen LogP contribution in [0.15, 0.2) is 35.9 Å². The summed E-state index contributed by atoms with van der Waals surface area (Å²) < 4.78 is 5.79. The van der Waals surface area contributed by atoms with E-state index < -0.39 is 0 Å². The Bertz CT molecular complexity index is 742. The number of allylic oxidation sites excluding steroid dienone is 3. The Morgan fingerprint density at radius 3 is 2.64 bits per heavy atom. The summed E-state index contributed by atoms with van der Waals surface area (Å²) in [7, 11) is 0. The van der Waals surface area contributed by atoms with Gasteiger partial charge in [0.1, 0.15) is 11.5 Å². The van der Waals surface area contributed by atoms with E-state index in [2.05, 4.69) is 26.5 Å². The van der Waals surface area contributed by atoms with Crippen LogP contribution < -0.4 is 4.74 Å². The number of hydrogen-bond donors (Lipinski definition) is 1. The molecule has 0 spiro atoms. The van der Waals surface area contributed by atoms with Crippen LogP contribution in [0.2, 0.25) is 0 Å². The molecule has 28 heavy (non-hydrogen) atoms. The molecule has 154 valence electrons. The summed E-state index contributed by atoms with van der Waals surface area (Å²) in [5, 5.41) is 11.0. The Morgan fingerprint density at radius 2 is 2.04 bits per heavy atom. The van der Waals surface area contributed by atoms with Crippen LogP contribution in [0, 0.1) is 11.8 Å². The molecule has 1 N–H and O–H groups in total. The lowest BCUT2D eigenvalue weighted by Crippen LogP contribution is -2.20. The van der Waals surface area contributed by atoms with Crippen molar-refractivity contribution in [1.29, 1.82) is 0 Å². The van der Waals surface area contributed by atoms with Gasteiger partial charge in [-0.25, -0.2) is 0 Å². The SMILES string of the molecule is C=C(C)[C@@H]1CCC(C)=C[C@H]1c1c(O)cc(CCCCC)cc1OC(=O)C(C)C. The number of ether oxygens (including phenoxy) is 1. The molecular formula is C25H36O3. The molecule has 0 heterocycles. The zero-order chi connectivity index (χ0) is 20.8. The molecule has 0 radical (unpaired) electrons. The third-order valence-electron chi connectivity index (χ3n) is 5.64. The standard InChI is InChI=1S/C25H36O3/c1-7-8-9-10-19-14-22(26)24(23(15-19)28-25(27)17(4)5)21-13-18(6)11-12-20(21)16(2)3/h13-15,17,20-21,26H,2,7-12H2,1,3-6H3/t20-,21+/m0/s1. The molecule has 3 nitrogen and oxygen atoms in total. The van der Waals surface area contributed by atoms with Crippen molar-refractivity contribution in [3.05, 3.63) is 47.1 Å². The number of rotatable bonds is 8. The predicted octanol–water partition coefficient (Wildman–Crippen LogP) is 6.70. The quantitative estimate of drug-likeness (QED) is 0.235. The zero-order valence-corrected chi connectivity index (χ0v) is 18.2. The molecule has 0 amide bonds. The Morgan fingerprint density at radius 1 is 1.32 bits per heavy atom. The second-order valence-corrected chi connectivity index (χ2v) is 8.59. The normalized spacial score (nSPS) is 19.4. The average molecular weight is 385 g/mol. The van der Waals surface area contributed by atoms with Gasteiger partial charge in [-0.05, 0) is 63.1 Å². The van der Waals surface area contributed by atoms with Crippen LogP contribution in [0.4, 0.5) is 0 Å². The third kappa shape index (κ3) is 5.50. The lowest BCUT2D eigenvalue weighted by molar-refractivity contribution is -0.137. The number of carbonyl (C=O) groups is 1. The molecule has 0 aromatic heterocycles. The molecule has 2 rings (SSSR count). The molecular weight excluding hydrogens is 348 g/mol. The maximum Gasteiger partial charge on any atom is 0.313 e. The smallest absolute Gasteiger partial charge is 0.313 e. The van der Waals surface area contributed by atoms with Gasteiger partial charge in [0.05, 0.1) is 5.92 Å². The van der Waals surface area contributed by atoms with Crippen LogP contribution in [0.1, 0.15) is 83.8 Å². The number of esters is 1. The number of hydrogen-bond acceptors (Lipinski definition) is 3. The number of benzene rings is 1. The van der Waals surface area contributed by atoms with Gasteiger partial charge in [-0.3, -0.25) is 4.79 Å². The largest absolute Gasteiger partial charge is 0.507 e. The lowest BCUT2D eigenvalue weighted by atomic mass is 9.73. The summed E-state index contributed by atoms with van der Waals surface area (Å²) in [6.07, 6.45) is 8.46. The average Bonchev–Trinajstić information content (AvgIpc) is 2.61. The molecule has 2 atom stereocenters. The highest BCUT2D eigenvalue weighted by Gasteiger charge is 2.31. The monoisotopic (exact) mass is 384 g/mol. The molecule has 0 unspecified atom stereocenters. The van der Waals surface area contributed by atoms with Crippen molar-refractivity contribution in [2.75, 3.05) is 0 Å². The van der Waals surface area contributed by atoms with Crippen LogP contribution >= 0.6 is 0 Å². The second kappa shape index (κ2) is 9.95. The van der Waals surface area contributed by atoms with Crippen LogP contribution in [0.3, 0.4) is 0 Å². The van der Waals surface area contributed by atoms with Gasteiger partial charge in [0.15, 0.2) is 0 Å². The van der Waals surface area contributed by atoms with E-state index in [1.54, 1.807) is 0 Å². The fourth-order valence-electron chi connectivity index (χ4n) is 3.94. The number of phenolic OH excluding ortho intramolecular Hbond substituents is 1. The van der Waals surface area contributed by atoms with E-state index in [1.165, 1.54) is 5.57 Å². The van der Waals surface area contributed by atoms with Gasteiger partial charge in [0.2, 0.25) is 0 Å². The predicted molar refractivity (Wildman–Crippen MR) is 116 cm³/mol. The van der Waals surface area contributed by atoms with Crippen molar-refractivity contribution in [2.45, 2.75) is 79.1 Å². The molecule has 0 saturated heterocycles. The highest BCUT2D eigenvalue weighted by Crippen LogP contribution is 2.47. The van der Waals surface area contributed by atoms with E-state index >= 15 is 0 Å². The van der Waals surface area contributed by atoms with Crippen molar-refractivity contribution in [3.8, 4) is 11.5 Å². The third-order valence-corrected chi connectivity index (χ3v) is 5.64. The first-order valence-corrected chi connectivity index (χ1v) is 10.6. The van der Waals surface area contributed by atoms with Crippen LogP contribution in [-0.4, -0.2) is 11.1 Å². The fraction of sp³-hybridized carbons (Fsp3) is 0.560. The zero-order valence-electron chi connectivity index (χ0n) is 18.2. The first kappa shape index (κ1) is 22.3. The van der Waals surface area contributed by atoms with E-state index in [0.717, 1.165) is 55.2 Å². The Labute approximate surface area is 170 Å². The first-order valence-electron chi connectivity index (χ1n) is 10.6. The minimum Gasteiger partial charge on any atom is -0.507 e. The van der Waals surface area contributed by atoms with E-state index in [9.17, 15) is 9.90 Å². The molecule has 1 aliphatic carbocycles. The van der Waals surface area contributed by atoms with E-state index in [1.807, 2.05) is 32.9 Å². The molecule has 1 aliphatic rings. The van der Waals surface area contributed by atoms with Gasteiger partial charge in [0, 0.05) is 11.5 Å². The van der Waals surface area contributed by atoms with Crippen molar-refractivity contribution in [3.63, 3.8) is 0 Å². The topological polar surface area (TPSA) is 46.5 Å². The van der Waals surface area contributed by atoms with Gasteiger partial charge in [-0.1, -0.05) is 57.4 Å². The van der Waals surface area contributed by atoms with E-state index in [0.29, 0.717) is 5.75 Å². The van der Waals surface area contributed by atoms with Crippen LogP contribution in [-0.2, 0) is 11.2 Å².